The Labute approximate surface area is 114 Å². The fourth-order valence-corrected chi connectivity index (χ4v) is 1.91. The molecule has 0 aliphatic heterocycles. The Morgan fingerprint density at radius 1 is 1.21 bits per heavy atom. The molecule has 0 spiro atoms. The van der Waals surface area contributed by atoms with Crippen molar-refractivity contribution in [2.45, 2.75) is 40.2 Å². The molecule has 0 aromatic heterocycles. The molecule has 2 amide bonds. The summed E-state index contributed by atoms with van der Waals surface area (Å²) in [5.41, 5.74) is 1.90. The molecule has 4 heteroatoms. The zero-order valence-corrected chi connectivity index (χ0v) is 12.0. The Bertz CT molecular complexity index is 455. The van der Waals surface area contributed by atoms with Crippen LogP contribution in [0.5, 0.6) is 0 Å². The normalized spacial score (nSPS) is 12.1. The number of hydrogen-bond donors (Lipinski definition) is 2. The summed E-state index contributed by atoms with van der Waals surface area (Å²) >= 11 is 0. The van der Waals surface area contributed by atoms with Crippen molar-refractivity contribution in [3.05, 3.63) is 29.8 Å². The van der Waals surface area contributed by atoms with Crippen molar-refractivity contribution in [3.8, 4) is 0 Å². The minimum atomic E-state index is -0.512. The maximum atomic E-state index is 12.2. The van der Waals surface area contributed by atoms with Crippen LogP contribution in [0.15, 0.2) is 24.3 Å². The van der Waals surface area contributed by atoms with E-state index in [1.807, 2.05) is 45.0 Å². The third-order valence-electron chi connectivity index (χ3n) is 2.96. The summed E-state index contributed by atoms with van der Waals surface area (Å²) in [5, 5.41) is 5.58. The Morgan fingerprint density at radius 2 is 1.84 bits per heavy atom. The van der Waals surface area contributed by atoms with Crippen LogP contribution < -0.4 is 10.6 Å². The molecule has 1 atom stereocenters. The summed E-state index contributed by atoms with van der Waals surface area (Å²) in [6, 6.07) is 7.18. The highest BCUT2D eigenvalue weighted by Gasteiger charge is 2.23. The fourth-order valence-electron chi connectivity index (χ4n) is 1.91. The van der Waals surface area contributed by atoms with Gasteiger partial charge in [-0.3, -0.25) is 9.59 Å². The van der Waals surface area contributed by atoms with Gasteiger partial charge in [0, 0.05) is 12.6 Å². The van der Waals surface area contributed by atoms with Crippen molar-refractivity contribution < 1.29 is 9.59 Å². The largest absolute Gasteiger partial charge is 0.344 e. The molecule has 0 aliphatic rings. The monoisotopic (exact) mass is 262 g/mol. The first-order valence-corrected chi connectivity index (χ1v) is 6.61. The molecule has 0 radical (unpaired) electrons. The highest BCUT2D eigenvalue weighted by molar-refractivity contribution is 5.97. The highest BCUT2D eigenvalue weighted by atomic mass is 16.2. The molecular formula is C15H22N2O2. The van der Waals surface area contributed by atoms with Crippen LogP contribution >= 0.6 is 0 Å². The van der Waals surface area contributed by atoms with Crippen molar-refractivity contribution in [2.24, 2.45) is 5.92 Å². The van der Waals surface area contributed by atoms with E-state index in [0.717, 1.165) is 17.7 Å². The van der Waals surface area contributed by atoms with E-state index in [9.17, 15) is 9.59 Å². The minimum Gasteiger partial charge on any atom is -0.344 e. The Kier molecular flexibility index (Phi) is 5.55. The first-order valence-electron chi connectivity index (χ1n) is 6.61. The number of carbonyl (C=O) groups is 2. The molecule has 1 aromatic rings. The van der Waals surface area contributed by atoms with Gasteiger partial charge in [-0.25, -0.2) is 0 Å². The maximum absolute atomic E-state index is 12.2. The molecule has 0 bridgehead atoms. The maximum Gasteiger partial charge on any atom is 0.247 e. The molecule has 1 unspecified atom stereocenters. The van der Waals surface area contributed by atoms with Gasteiger partial charge in [-0.05, 0) is 24.0 Å². The summed E-state index contributed by atoms with van der Waals surface area (Å²) in [6.07, 6.45) is 0.850. The van der Waals surface area contributed by atoms with E-state index in [-0.39, 0.29) is 17.7 Å². The summed E-state index contributed by atoms with van der Waals surface area (Å²) in [4.78, 5) is 23.4. The SMILES string of the molecule is CCc1ccccc1NC(=O)C(NC(C)=O)C(C)C. The number of rotatable bonds is 5. The third kappa shape index (κ3) is 4.39. The molecule has 1 aromatic carbocycles. The molecule has 0 heterocycles. The van der Waals surface area contributed by atoms with E-state index >= 15 is 0 Å². The lowest BCUT2D eigenvalue weighted by Gasteiger charge is -2.21. The molecule has 0 saturated carbocycles. The van der Waals surface area contributed by atoms with Crippen molar-refractivity contribution in [3.63, 3.8) is 0 Å². The first-order chi connectivity index (χ1) is 8.95. The van der Waals surface area contributed by atoms with Crippen molar-refractivity contribution in [2.75, 3.05) is 5.32 Å². The van der Waals surface area contributed by atoms with Crippen LogP contribution in [0.4, 0.5) is 5.69 Å². The lowest BCUT2D eigenvalue weighted by molar-refractivity contribution is -0.126. The molecule has 4 nitrogen and oxygen atoms in total. The standard InChI is InChI=1S/C15H22N2O2/c1-5-12-8-6-7-9-13(12)17-15(19)14(10(2)3)16-11(4)18/h6-10,14H,5H2,1-4H3,(H,16,18)(H,17,19). The second-order valence-corrected chi connectivity index (χ2v) is 4.92. The van der Waals surface area contributed by atoms with Gasteiger partial charge in [-0.1, -0.05) is 39.0 Å². The number of para-hydroxylation sites is 1. The molecular weight excluding hydrogens is 240 g/mol. The van der Waals surface area contributed by atoms with Gasteiger partial charge in [-0.2, -0.15) is 0 Å². The quantitative estimate of drug-likeness (QED) is 0.855. The number of aryl methyl sites for hydroxylation is 1. The topological polar surface area (TPSA) is 58.2 Å². The van der Waals surface area contributed by atoms with Gasteiger partial charge in [0.25, 0.3) is 0 Å². The lowest BCUT2D eigenvalue weighted by Crippen LogP contribution is -2.46. The second kappa shape index (κ2) is 6.92. The zero-order chi connectivity index (χ0) is 14.4. The average molecular weight is 262 g/mol. The highest BCUT2D eigenvalue weighted by Crippen LogP contribution is 2.16. The number of nitrogens with one attached hydrogen (secondary N) is 2. The Balaban J connectivity index is 2.84. The van der Waals surface area contributed by atoms with Crippen LogP contribution in [0, 0.1) is 5.92 Å². The van der Waals surface area contributed by atoms with Crippen LogP contribution in [-0.4, -0.2) is 17.9 Å². The summed E-state index contributed by atoms with van der Waals surface area (Å²) in [7, 11) is 0. The van der Waals surface area contributed by atoms with Gasteiger partial charge >= 0.3 is 0 Å². The van der Waals surface area contributed by atoms with Gasteiger partial charge in [0.2, 0.25) is 11.8 Å². The van der Waals surface area contributed by atoms with Crippen LogP contribution in [0.25, 0.3) is 0 Å². The number of hydrogen-bond acceptors (Lipinski definition) is 2. The minimum absolute atomic E-state index is 0.0395. The third-order valence-corrected chi connectivity index (χ3v) is 2.96. The second-order valence-electron chi connectivity index (χ2n) is 4.92. The van der Waals surface area contributed by atoms with Crippen LogP contribution in [0.1, 0.15) is 33.3 Å². The van der Waals surface area contributed by atoms with E-state index in [1.54, 1.807) is 0 Å². The molecule has 2 N–H and O–H groups in total. The van der Waals surface area contributed by atoms with Gasteiger partial charge < -0.3 is 10.6 Å². The van der Waals surface area contributed by atoms with E-state index in [0.29, 0.717) is 0 Å². The predicted molar refractivity (Wildman–Crippen MR) is 76.9 cm³/mol. The van der Waals surface area contributed by atoms with Gasteiger partial charge in [0.15, 0.2) is 0 Å². The molecule has 104 valence electrons. The number of benzene rings is 1. The van der Waals surface area contributed by atoms with Crippen molar-refractivity contribution in [1.82, 2.24) is 5.32 Å². The van der Waals surface area contributed by atoms with Crippen LogP contribution in [0.3, 0.4) is 0 Å². The van der Waals surface area contributed by atoms with E-state index in [4.69, 9.17) is 0 Å². The fraction of sp³-hybridized carbons (Fsp3) is 0.467. The number of carbonyl (C=O) groups excluding carboxylic acids is 2. The van der Waals surface area contributed by atoms with E-state index in [2.05, 4.69) is 10.6 Å². The summed E-state index contributed by atoms with van der Waals surface area (Å²) in [5.74, 6) is -0.332. The van der Waals surface area contributed by atoms with Crippen LogP contribution in [0.2, 0.25) is 0 Å². The van der Waals surface area contributed by atoms with Gasteiger partial charge in [-0.15, -0.1) is 0 Å². The molecule has 19 heavy (non-hydrogen) atoms. The van der Waals surface area contributed by atoms with Crippen LogP contribution in [-0.2, 0) is 16.0 Å². The molecule has 0 fully saturated rings. The van der Waals surface area contributed by atoms with Crippen molar-refractivity contribution >= 4 is 17.5 Å². The number of amides is 2. The van der Waals surface area contributed by atoms with Gasteiger partial charge in [0.05, 0.1) is 0 Å². The first kappa shape index (κ1) is 15.2. The number of anilines is 1. The predicted octanol–water partition coefficient (Wildman–Crippen LogP) is 2.35. The summed E-state index contributed by atoms with van der Waals surface area (Å²) in [6.45, 7) is 7.28. The van der Waals surface area contributed by atoms with E-state index in [1.165, 1.54) is 6.92 Å². The molecule has 0 saturated heterocycles. The Morgan fingerprint density at radius 3 is 2.37 bits per heavy atom. The Hall–Kier alpha value is -1.84. The van der Waals surface area contributed by atoms with Crippen molar-refractivity contribution in [1.29, 1.82) is 0 Å². The molecule has 1 rings (SSSR count). The molecule has 0 aliphatic carbocycles. The average Bonchev–Trinajstić information content (AvgIpc) is 2.36. The zero-order valence-electron chi connectivity index (χ0n) is 12.0. The summed E-state index contributed by atoms with van der Waals surface area (Å²) < 4.78 is 0. The van der Waals surface area contributed by atoms with E-state index < -0.39 is 6.04 Å². The van der Waals surface area contributed by atoms with Gasteiger partial charge in [0.1, 0.15) is 6.04 Å². The smallest absolute Gasteiger partial charge is 0.247 e. The lowest BCUT2D eigenvalue weighted by atomic mass is 10.0.